The lowest BCUT2D eigenvalue weighted by molar-refractivity contribution is -0.149. The third-order valence-corrected chi connectivity index (χ3v) is 4.80. The number of rotatable bonds is 5. The smallest absolute Gasteiger partial charge is 0.327 e. The van der Waals surface area contributed by atoms with Crippen LogP contribution in [0.3, 0.4) is 0 Å². The highest BCUT2D eigenvalue weighted by molar-refractivity contribution is 8.00. The predicted molar refractivity (Wildman–Crippen MR) is 70.0 cm³/mol. The van der Waals surface area contributed by atoms with Gasteiger partial charge in [-0.2, -0.15) is 0 Å². The minimum atomic E-state index is -0.940. The molecule has 1 saturated carbocycles. The first-order valence-corrected chi connectivity index (χ1v) is 7.14. The maximum absolute atomic E-state index is 12.3. The largest absolute Gasteiger partial charge is 0.480 e. The number of carboxylic acids is 1. The first-order valence-electron chi connectivity index (χ1n) is 6.09. The zero-order valence-electron chi connectivity index (χ0n) is 10.1. The van der Waals surface area contributed by atoms with Crippen LogP contribution >= 0.6 is 11.8 Å². The molecule has 1 amide bonds. The van der Waals surface area contributed by atoms with E-state index in [1.165, 1.54) is 4.90 Å². The average Bonchev–Trinajstić information content (AvgIpc) is 3.07. The fourth-order valence-corrected chi connectivity index (χ4v) is 3.85. The predicted octanol–water partition coefficient (Wildman–Crippen LogP) is 0.655. The summed E-state index contributed by atoms with van der Waals surface area (Å²) in [5.74, 6) is -0.295. The van der Waals surface area contributed by atoms with E-state index >= 15 is 0 Å². The van der Waals surface area contributed by atoms with Crippen molar-refractivity contribution in [3.05, 3.63) is 12.7 Å². The molecule has 0 aromatic heterocycles. The van der Waals surface area contributed by atoms with Gasteiger partial charge in [-0.25, -0.2) is 4.79 Å². The minimum absolute atomic E-state index is 0.00512. The third kappa shape index (κ3) is 2.54. The van der Waals surface area contributed by atoms with E-state index in [1.54, 1.807) is 17.8 Å². The second kappa shape index (κ2) is 5.32. The van der Waals surface area contributed by atoms with Crippen molar-refractivity contribution in [3.63, 3.8) is 0 Å². The Kier molecular flexibility index (Phi) is 3.97. The van der Waals surface area contributed by atoms with Crippen molar-refractivity contribution in [2.45, 2.75) is 36.7 Å². The molecule has 2 rings (SSSR count). The number of carbonyl (C=O) groups excluding carboxylic acids is 1. The van der Waals surface area contributed by atoms with Gasteiger partial charge in [0.05, 0.1) is 11.4 Å². The Morgan fingerprint density at radius 1 is 1.56 bits per heavy atom. The molecular formula is C12H18N2O3S. The number of thioether (sulfide) groups is 1. The second-order valence-corrected chi connectivity index (χ2v) is 5.94. The van der Waals surface area contributed by atoms with Gasteiger partial charge in [0.2, 0.25) is 5.91 Å². The Hall–Kier alpha value is -1.01. The van der Waals surface area contributed by atoms with E-state index in [4.69, 9.17) is 5.73 Å². The normalized spacial score (nSPS) is 29.1. The van der Waals surface area contributed by atoms with Gasteiger partial charge in [-0.1, -0.05) is 6.08 Å². The Balaban J connectivity index is 2.14. The molecule has 0 aromatic rings. The molecule has 6 heteroatoms. The van der Waals surface area contributed by atoms with Crippen molar-refractivity contribution in [2.75, 3.05) is 5.75 Å². The first-order chi connectivity index (χ1) is 8.56. The van der Waals surface area contributed by atoms with Gasteiger partial charge >= 0.3 is 5.97 Å². The highest BCUT2D eigenvalue weighted by Crippen LogP contribution is 2.45. The van der Waals surface area contributed by atoms with Crippen molar-refractivity contribution in [1.29, 1.82) is 0 Å². The molecule has 0 spiro atoms. The number of nitrogens with zero attached hydrogens (tertiary/aromatic N) is 1. The number of nitrogens with two attached hydrogens (primary N) is 1. The molecule has 3 unspecified atom stereocenters. The number of carboxylic acid groups (broad SMARTS) is 1. The van der Waals surface area contributed by atoms with Crippen molar-refractivity contribution in [2.24, 2.45) is 11.7 Å². The van der Waals surface area contributed by atoms with E-state index in [2.05, 4.69) is 6.58 Å². The number of amides is 1. The summed E-state index contributed by atoms with van der Waals surface area (Å²) in [6, 6.07) is -1.41. The average molecular weight is 270 g/mol. The van der Waals surface area contributed by atoms with Gasteiger partial charge < -0.3 is 15.7 Å². The monoisotopic (exact) mass is 270 g/mol. The van der Waals surface area contributed by atoms with Crippen molar-refractivity contribution in [3.8, 4) is 0 Å². The van der Waals surface area contributed by atoms with Crippen LogP contribution in [-0.4, -0.2) is 45.1 Å². The summed E-state index contributed by atoms with van der Waals surface area (Å²) in [6.45, 7) is 3.56. The van der Waals surface area contributed by atoms with Crippen LogP contribution in [0.2, 0.25) is 0 Å². The topological polar surface area (TPSA) is 83.6 Å². The molecule has 1 aliphatic carbocycles. The van der Waals surface area contributed by atoms with E-state index in [0.29, 0.717) is 18.1 Å². The Morgan fingerprint density at radius 3 is 2.72 bits per heavy atom. The molecular weight excluding hydrogens is 252 g/mol. The molecule has 2 fully saturated rings. The maximum Gasteiger partial charge on any atom is 0.327 e. The molecule has 18 heavy (non-hydrogen) atoms. The van der Waals surface area contributed by atoms with E-state index in [0.717, 1.165) is 12.8 Å². The van der Waals surface area contributed by atoms with Crippen LogP contribution in [-0.2, 0) is 9.59 Å². The lowest BCUT2D eigenvalue weighted by Crippen LogP contribution is -2.52. The molecule has 100 valence electrons. The summed E-state index contributed by atoms with van der Waals surface area (Å²) < 4.78 is 0. The van der Waals surface area contributed by atoms with E-state index < -0.39 is 18.1 Å². The second-order valence-electron chi connectivity index (χ2n) is 4.79. The molecule has 3 atom stereocenters. The summed E-state index contributed by atoms with van der Waals surface area (Å²) in [5.41, 5.74) is 5.79. The Bertz CT molecular complexity index is 370. The molecule has 1 aliphatic heterocycles. The van der Waals surface area contributed by atoms with Crippen LogP contribution in [0.15, 0.2) is 12.7 Å². The van der Waals surface area contributed by atoms with Gasteiger partial charge in [0, 0.05) is 5.75 Å². The molecule has 1 saturated heterocycles. The molecule has 0 bridgehead atoms. The van der Waals surface area contributed by atoms with Crippen LogP contribution in [0.4, 0.5) is 0 Å². The lowest BCUT2D eigenvalue weighted by Gasteiger charge is -2.29. The summed E-state index contributed by atoms with van der Waals surface area (Å²) in [5, 5.41) is 9.19. The third-order valence-electron chi connectivity index (χ3n) is 3.34. The zero-order chi connectivity index (χ0) is 13.3. The van der Waals surface area contributed by atoms with Crippen LogP contribution in [0.5, 0.6) is 0 Å². The fourth-order valence-electron chi connectivity index (χ4n) is 2.21. The minimum Gasteiger partial charge on any atom is -0.480 e. The van der Waals surface area contributed by atoms with Gasteiger partial charge in [0.1, 0.15) is 6.04 Å². The van der Waals surface area contributed by atoms with E-state index in [9.17, 15) is 14.7 Å². The number of hydrogen-bond acceptors (Lipinski definition) is 4. The number of hydrogen-bond donors (Lipinski definition) is 2. The van der Waals surface area contributed by atoms with Crippen LogP contribution < -0.4 is 5.73 Å². The lowest BCUT2D eigenvalue weighted by atomic mass is 10.1. The van der Waals surface area contributed by atoms with Gasteiger partial charge in [0.25, 0.3) is 0 Å². The quantitative estimate of drug-likeness (QED) is 0.717. The Morgan fingerprint density at radius 2 is 2.22 bits per heavy atom. The van der Waals surface area contributed by atoms with E-state index in [-0.39, 0.29) is 11.3 Å². The summed E-state index contributed by atoms with van der Waals surface area (Å²) in [4.78, 5) is 25.0. The highest BCUT2D eigenvalue weighted by Gasteiger charge is 2.48. The number of aliphatic carboxylic acids is 1. The molecule has 0 radical (unpaired) electrons. The van der Waals surface area contributed by atoms with Crippen LogP contribution in [0, 0.1) is 5.92 Å². The van der Waals surface area contributed by atoms with Crippen molar-refractivity contribution < 1.29 is 14.7 Å². The van der Waals surface area contributed by atoms with Crippen molar-refractivity contribution >= 4 is 23.6 Å². The molecule has 0 aromatic carbocycles. The van der Waals surface area contributed by atoms with Crippen LogP contribution in [0.1, 0.15) is 19.3 Å². The molecule has 3 N–H and O–H groups in total. The maximum atomic E-state index is 12.3. The van der Waals surface area contributed by atoms with Gasteiger partial charge in [-0.05, 0) is 25.2 Å². The van der Waals surface area contributed by atoms with E-state index in [1.807, 2.05) is 0 Å². The van der Waals surface area contributed by atoms with Gasteiger partial charge in [0.15, 0.2) is 0 Å². The van der Waals surface area contributed by atoms with Gasteiger partial charge in [-0.3, -0.25) is 4.79 Å². The fraction of sp³-hybridized carbons (Fsp3) is 0.667. The summed E-state index contributed by atoms with van der Waals surface area (Å²) >= 11 is 1.56. The van der Waals surface area contributed by atoms with Crippen molar-refractivity contribution in [1.82, 2.24) is 4.90 Å². The number of carbonyl (C=O) groups is 2. The van der Waals surface area contributed by atoms with Crippen LogP contribution in [0.25, 0.3) is 0 Å². The standard InChI is InChI=1S/C12H18N2O3S/c1-2-3-8(13)10(15)14-9(12(16)17)6-18-11(14)7-4-5-7/h2,7-9,11H,1,3-6,13H2,(H,16,17). The molecule has 5 nitrogen and oxygen atoms in total. The first kappa shape index (κ1) is 13.4. The highest BCUT2D eigenvalue weighted by atomic mass is 32.2. The summed E-state index contributed by atoms with van der Waals surface area (Å²) in [7, 11) is 0. The summed E-state index contributed by atoms with van der Waals surface area (Å²) in [6.07, 6.45) is 4.12. The SMILES string of the molecule is C=CCC(N)C(=O)N1C(C(=O)O)CSC1C1CC1. The molecule has 2 aliphatic rings. The molecule has 1 heterocycles. The Labute approximate surface area is 110 Å². The zero-order valence-corrected chi connectivity index (χ0v) is 10.9. The van der Waals surface area contributed by atoms with Gasteiger partial charge in [-0.15, -0.1) is 18.3 Å².